The lowest BCUT2D eigenvalue weighted by atomic mass is 10.2. The zero-order valence-electron chi connectivity index (χ0n) is 15.5. The zero-order chi connectivity index (χ0) is 19.2. The fourth-order valence-corrected chi connectivity index (χ4v) is 2.49. The summed E-state index contributed by atoms with van der Waals surface area (Å²) in [6.45, 7) is 6.54. The van der Waals surface area contributed by atoms with E-state index in [9.17, 15) is 10.1 Å². The van der Waals surface area contributed by atoms with Crippen molar-refractivity contribution in [1.82, 2.24) is 0 Å². The summed E-state index contributed by atoms with van der Waals surface area (Å²) in [5, 5.41) is 10.8. The van der Waals surface area contributed by atoms with Crippen LogP contribution in [0.15, 0.2) is 24.3 Å². The molecule has 0 spiro atoms. The minimum absolute atomic E-state index is 0.0749. The molecule has 1 heterocycles. The Labute approximate surface area is 159 Å². The number of non-ortho nitro benzene ring substituents is 1. The average Bonchev–Trinajstić information content (AvgIpc) is 2.68. The van der Waals surface area contributed by atoms with E-state index in [0.29, 0.717) is 79.2 Å². The Kier molecular flexibility index (Phi) is 10.7. The molecule has 1 aromatic carbocycles. The highest BCUT2D eigenvalue weighted by atomic mass is 16.6. The molecule has 0 aromatic heterocycles. The van der Waals surface area contributed by atoms with E-state index in [2.05, 4.69) is 4.90 Å². The first kappa shape index (κ1) is 21.5. The summed E-state index contributed by atoms with van der Waals surface area (Å²) in [5.41, 5.74) is 0.970. The third-order valence-corrected chi connectivity index (χ3v) is 3.92. The summed E-state index contributed by atoms with van der Waals surface area (Å²) in [4.78, 5) is 12.5. The van der Waals surface area contributed by atoms with Crippen molar-refractivity contribution < 1.29 is 28.6 Å². The smallest absolute Gasteiger partial charge is 0.269 e. The Bertz CT molecular complexity index is 509. The number of nitrogens with zero attached hydrogens (tertiary/aromatic N) is 2. The van der Waals surface area contributed by atoms with Crippen molar-refractivity contribution in [3.8, 4) is 0 Å². The molecule has 9 heteroatoms. The van der Waals surface area contributed by atoms with E-state index < -0.39 is 4.92 Å². The molecule has 152 valence electrons. The lowest BCUT2D eigenvalue weighted by Gasteiger charge is -2.24. The molecular weight excluding hydrogens is 356 g/mol. The molecule has 0 N–H and O–H groups in total. The Hall–Kier alpha value is -1.78. The molecule has 0 aliphatic carbocycles. The molecule has 1 aromatic rings. The molecule has 1 saturated heterocycles. The Balaban J connectivity index is 1.85. The van der Waals surface area contributed by atoms with Gasteiger partial charge >= 0.3 is 0 Å². The number of hydrogen-bond acceptors (Lipinski definition) is 8. The second-order valence-electron chi connectivity index (χ2n) is 5.82. The van der Waals surface area contributed by atoms with Crippen molar-refractivity contribution >= 4 is 11.4 Å². The fourth-order valence-electron chi connectivity index (χ4n) is 2.49. The van der Waals surface area contributed by atoms with Gasteiger partial charge in [0.05, 0.1) is 71.0 Å². The quantitative estimate of drug-likeness (QED) is 0.559. The van der Waals surface area contributed by atoms with Gasteiger partial charge in [-0.3, -0.25) is 10.1 Å². The minimum atomic E-state index is -0.403. The van der Waals surface area contributed by atoms with E-state index in [-0.39, 0.29) is 5.69 Å². The number of nitro groups is 1. The molecule has 1 aliphatic heterocycles. The van der Waals surface area contributed by atoms with Crippen molar-refractivity contribution in [3.05, 3.63) is 34.4 Å². The number of ether oxygens (including phenoxy) is 5. The van der Waals surface area contributed by atoms with Crippen LogP contribution in [0.2, 0.25) is 0 Å². The van der Waals surface area contributed by atoms with Gasteiger partial charge in [0.15, 0.2) is 0 Å². The van der Waals surface area contributed by atoms with E-state index in [1.54, 1.807) is 12.1 Å². The van der Waals surface area contributed by atoms with Gasteiger partial charge in [-0.25, -0.2) is 0 Å². The van der Waals surface area contributed by atoms with Crippen LogP contribution in [0.4, 0.5) is 11.4 Å². The standard InChI is InChI=1S/C18H28N2O7/c21-20(22)18-3-1-17(2-4-18)19-5-7-23-9-11-25-13-15-27-16-14-26-12-10-24-8-6-19/h1-4H,5-16H2. The van der Waals surface area contributed by atoms with E-state index in [0.717, 1.165) is 5.69 Å². The van der Waals surface area contributed by atoms with E-state index in [1.807, 2.05) is 0 Å². The number of anilines is 1. The van der Waals surface area contributed by atoms with Gasteiger partial charge in [-0.2, -0.15) is 0 Å². The molecule has 0 atom stereocenters. The Morgan fingerprint density at radius 1 is 0.667 bits per heavy atom. The van der Waals surface area contributed by atoms with Gasteiger partial charge in [0, 0.05) is 30.9 Å². The van der Waals surface area contributed by atoms with Crippen LogP contribution in [-0.2, 0) is 23.7 Å². The largest absolute Gasteiger partial charge is 0.377 e. The van der Waals surface area contributed by atoms with Gasteiger partial charge < -0.3 is 28.6 Å². The summed E-state index contributed by atoms with van der Waals surface area (Å²) in [6.07, 6.45) is 0. The molecule has 1 fully saturated rings. The van der Waals surface area contributed by atoms with E-state index >= 15 is 0 Å². The summed E-state index contributed by atoms with van der Waals surface area (Å²) in [7, 11) is 0. The normalized spacial score (nSPS) is 19.8. The highest BCUT2D eigenvalue weighted by Gasteiger charge is 2.10. The first-order chi connectivity index (χ1) is 13.3. The monoisotopic (exact) mass is 384 g/mol. The number of hydrogen-bond donors (Lipinski definition) is 0. The highest BCUT2D eigenvalue weighted by molar-refractivity contribution is 5.50. The number of benzene rings is 1. The number of rotatable bonds is 2. The molecule has 0 amide bonds. The van der Waals surface area contributed by atoms with Crippen molar-refractivity contribution in [1.29, 1.82) is 0 Å². The average molecular weight is 384 g/mol. The minimum Gasteiger partial charge on any atom is -0.377 e. The second kappa shape index (κ2) is 13.4. The van der Waals surface area contributed by atoms with Crippen molar-refractivity contribution in [2.75, 3.05) is 84.1 Å². The van der Waals surface area contributed by atoms with Crippen LogP contribution in [0.25, 0.3) is 0 Å². The maximum absolute atomic E-state index is 10.8. The Morgan fingerprint density at radius 3 is 1.41 bits per heavy atom. The van der Waals surface area contributed by atoms with Crippen LogP contribution in [0.1, 0.15) is 0 Å². The molecule has 27 heavy (non-hydrogen) atoms. The molecule has 1 aliphatic rings. The maximum atomic E-state index is 10.8. The Morgan fingerprint density at radius 2 is 1.04 bits per heavy atom. The summed E-state index contributed by atoms with van der Waals surface area (Å²) >= 11 is 0. The van der Waals surface area contributed by atoms with Crippen LogP contribution in [0.3, 0.4) is 0 Å². The third kappa shape index (κ3) is 9.12. The van der Waals surface area contributed by atoms with Gasteiger partial charge in [0.2, 0.25) is 0 Å². The van der Waals surface area contributed by atoms with Gasteiger partial charge in [-0.1, -0.05) is 0 Å². The predicted molar refractivity (Wildman–Crippen MR) is 99.4 cm³/mol. The summed E-state index contributed by atoms with van der Waals surface area (Å²) in [6, 6.07) is 6.51. The first-order valence-electron chi connectivity index (χ1n) is 9.15. The topological polar surface area (TPSA) is 92.5 Å². The first-order valence-corrected chi connectivity index (χ1v) is 9.15. The third-order valence-electron chi connectivity index (χ3n) is 3.92. The maximum Gasteiger partial charge on any atom is 0.269 e. The lowest BCUT2D eigenvalue weighted by molar-refractivity contribution is -0.384. The molecule has 0 saturated carbocycles. The molecule has 9 nitrogen and oxygen atoms in total. The molecule has 2 rings (SSSR count). The van der Waals surface area contributed by atoms with Crippen molar-refractivity contribution in [3.63, 3.8) is 0 Å². The van der Waals surface area contributed by atoms with Crippen LogP contribution in [-0.4, -0.2) is 84.1 Å². The van der Waals surface area contributed by atoms with Crippen LogP contribution in [0, 0.1) is 10.1 Å². The molecule has 0 bridgehead atoms. The second-order valence-corrected chi connectivity index (χ2v) is 5.82. The molecular formula is C18H28N2O7. The highest BCUT2D eigenvalue weighted by Crippen LogP contribution is 2.19. The SMILES string of the molecule is O=[N+]([O-])c1ccc(N2CCOCCOCCOCCOCCOCC2)cc1. The van der Waals surface area contributed by atoms with Crippen molar-refractivity contribution in [2.45, 2.75) is 0 Å². The lowest BCUT2D eigenvalue weighted by Crippen LogP contribution is -2.31. The fraction of sp³-hybridized carbons (Fsp3) is 0.667. The van der Waals surface area contributed by atoms with Crippen LogP contribution >= 0.6 is 0 Å². The van der Waals surface area contributed by atoms with E-state index in [4.69, 9.17) is 23.7 Å². The van der Waals surface area contributed by atoms with E-state index in [1.165, 1.54) is 12.1 Å². The van der Waals surface area contributed by atoms with Gasteiger partial charge in [-0.15, -0.1) is 0 Å². The van der Waals surface area contributed by atoms with Crippen LogP contribution in [0.5, 0.6) is 0 Å². The predicted octanol–water partition coefficient (Wildman–Crippen LogP) is 1.50. The zero-order valence-corrected chi connectivity index (χ0v) is 15.5. The number of nitro benzene ring substituents is 1. The summed E-state index contributed by atoms with van der Waals surface area (Å²) in [5.74, 6) is 0. The van der Waals surface area contributed by atoms with Crippen LogP contribution < -0.4 is 4.90 Å². The van der Waals surface area contributed by atoms with Gasteiger partial charge in [0.25, 0.3) is 5.69 Å². The summed E-state index contributed by atoms with van der Waals surface area (Å²) < 4.78 is 27.5. The van der Waals surface area contributed by atoms with Crippen molar-refractivity contribution in [2.24, 2.45) is 0 Å². The molecule has 0 radical (unpaired) electrons. The van der Waals surface area contributed by atoms with Gasteiger partial charge in [-0.05, 0) is 12.1 Å². The molecule has 0 unspecified atom stereocenters. The van der Waals surface area contributed by atoms with Gasteiger partial charge in [0.1, 0.15) is 0 Å².